The third kappa shape index (κ3) is 46.4. The molecule has 0 aromatic carbocycles. The predicted molar refractivity (Wildman–Crippen MR) is 261 cm³/mol. The molecule has 0 heterocycles. The number of unbranched alkanes of at least 4 members (excludes halogenated alkanes) is 37. The second kappa shape index (κ2) is 49.6. The Morgan fingerprint density at radius 2 is 0.574 bits per heavy atom. The molecule has 0 radical (unpaired) electrons. The van der Waals surface area contributed by atoms with Gasteiger partial charge in [0.15, 0.2) is 5.78 Å². The van der Waals surface area contributed by atoms with Crippen LogP contribution in [0.15, 0.2) is 12.2 Å². The van der Waals surface area contributed by atoms with Gasteiger partial charge in [-0.15, -0.1) is 0 Å². The summed E-state index contributed by atoms with van der Waals surface area (Å²) < 4.78 is 0. The molecular formula is C55H104O6. The average molecular weight is 861 g/mol. The molecule has 0 aromatic rings. The zero-order valence-corrected chi connectivity index (χ0v) is 40.6. The lowest BCUT2D eigenvalue weighted by Crippen LogP contribution is -2.36. The van der Waals surface area contributed by atoms with Gasteiger partial charge in [0.2, 0.25) is 0 Å². The molecule has 0 aromatic heterocycles. The zero-order valence-electron chi connectivity index (χ0n) is 40.6. The number of carbonyl (C=O) groups is 3. The van der Waals surface area contributed by atoms with Crippen molar-refractivity contribution in [3.05, 3.63) is 12.2 Å². The van der Waals surface area contributed by atoms with Gasteiger partial charge < -0.3 is 15.3 Å². The Labute approximate surface area is 379 Å². The van der Waals surface area contributed by atoms with E-state index in [1.807, 2.05) is 0 Å². The number of allylic oxidation sites excluding steroid dienone is 2. The number of aliphatic hydroxyl groups excluding tert-OH is 3. The lowest BCUT2D eigenvalue weighted by atomic mass is 10.0. The van der Waals surface area contributed by atoms with E-state index in [9.17, 15) is 24.6 Å². The highest BCUT2D eigenvalue weighted by Crippen LogP contribution is 2.17. The Balaban J connectivity index is 3.29. The third-order valence-corrected chi connectivity index (χ3v) is 12.9. The van der Waals surface area contributed by atoms with Crippen LogP contribution in [0, 0.1) is 0 Å². The molecule has 0 spiro atoms. The van der Waals surface area contributed by atoms with Gasteiger partial charge >= 0.3 is 0 Å². The highest BCUT2D eigenvalue weighted by molar-refractivity contribution is 5.83. The van der Waals surface area contributed by atoms with Gasteiger partial charge in [-0.05, 0) is 57.8 Å². The van der Waals surface area contributed by atoms with Gasteiger partial charge in [0.05, 0.1) is 6.61 Å². The highest BCUT2D eigenvalue weighted by Gasteiger charge is 2.22. The summed E-state index contributed by atoms with van der Waals surface area (Å²) in [6, 6.07) is 0. The molecule has 0 aliphatic carbocycles. The van der Waals surface area contributed by atoms with E-state index < -0.39 is 18.8 Å². The van der Waals surface area contributed by atoms with Crippen molar-refractivity contribution in [1.29, 1.82) is 0 Å². The monoisotopic (exact) mass is 861 g/mol. The van der Waals surface area contributed by atoms with E-state index in [4.69, 9.17) is 5.11 Å². The van der Waals surface area contributed by atoms with E-state index in [-0.39, 0.29) is 12.2 Å². The molecule has 3 N–H and O–H groups in total. The molecule has 0 fully saturated rings. The van der Waals surface area contributed by atoms with Crippen molar-refractivity contribution < 1.29 is 29.7 Å². The summed E-state index contributed by atoms with van der Waals surface area (Å²) >= 11 is 0. The summed E-state index contributed by atoms with van der Waals surface area (Å²) in [6.07, 6.45) is 56.9. The first kappa shape index (κ1) is 59.6. The van der Waals surface area contributed by atoms with Crippen LogP contribution in [0.3, 0.4) is 0 Å². The summed E-state index contributed by atoms with van der Waals surface area (Å²) in [4.78, 5) is 36.2. The SMILES string of the molecule is CCCCCCCCCCCCCCCC(=O)CCCCCCCC/C=C\CCCCCCCC(=O)CCCCCCCCCCCCCCCCCC(=O)C(O)C(O)CO. The molecule has 0 aliphatic heterocycles. The fourth-order valence-electron chi connectivity index (χ4n) is 8.61. The van der Waals surface area contributed by atoms with Crippen molar-refractivity contribution in [3.8, 4) is 0 Å². The quantitative estimate of drug-likeness (QED) is 0.0415. The van der Waals surface area contributed by atoms with Crippen LogP contribution in [-0.4, -0.2) is 51.5 Å². The third-order valence-electron chi connectivity index (χ3n) is 12.9. The second-order valence-electron chi connectivity index (χ2n) is 19.0. The Morgan fingerprint density at radius 3 is 0.836 bits per heavy atom. The number of ketones is 3. The van der Waals surface area contributed by atoms with Gasteiger partial charge in [-0.1, -0.05) is 225 Å². The molecule has 0 rings (SSSR count). The minimum Gasteiger partial charge on any atom is -0.394 e. The van der Waals surface area contributed by atoms with Crippen molar-refractivity contribution in [2.75, 3.05) is 6.61 Å². The molecular weight excluding hydrogens is 757 g/mol. The Bertz CT molecular complexity index is 962. The van der Waals surface area contributed by atoms with Crippen molar-refractivity contribution in [2.24, 2.45) is 0 Å². The van der Waals surface area contributed by atoms with Crippen molar-refractivity contribution >= 4 is 17.3 Å². The maximum Gasteiger partial charge on any atom is 0.164 e. The van der Waals surface area contributed by atoms with Gasteiger partial charge in [-0.2, -0.15) is 0 Å². The maximum absolute atomic E-state index is 12.3. The minimum absolute atomic E-state index is 0.268. The molecule has 2 atom stereocenters. The highest BCUT2D eigenvalue weighted by atomic mass is 16.4. The van der Waals surface area contributed by atoms with Crippen LogP contribution in [0.1, 0.15) is 302 Å². The largest absolute Gasteiger partial charge is 0.394 e. The first-order valence-electron chi connectivity index (χ1n) is 27.1. The van der Waals surface area contributed by atoms with Crippen LogP contribution in [0.25, 0.3) is 0 Å². The van der Waals surface area contributed by atoms with E-state index >= 15 is 0 Å². The van der Waals surface area contributed by atoms with Crippen LogP contribution in [-0.2, 0) is 14.4 Å². The molecule has 6 nitrogen and oxygen atoms in total. The number of Topliss-reactive ketones (excluding diaryl/α,β-unsaturated/α-hetero) is 3. The number of hydrogen-bond donors (Lipinski definition) is 3. The van der Waals surface area contributed by atoms with E-state index in [1.54, 1.807) is 0 Å². The molecule has 0 bridgehead atoms. The summed E-state index contributed by atoms with van der Waals surface area (Å²) in [5, 5.41) is 27.7. The molecule has 6 heteroatoms. The smallest absolute Gasteiger partial charge is 0.164 e. The Hall–Kier alpha value is -1.37. The van der Waals surface area contributed by atoms with Crippen LogP contribution in [0.2, 0.25) is 0 Å². The van der Waals surface area contributed by atoms with Crippen molar-refractivity contribution in [2.45, 2.75) is 314 Å². The summed E-state index contributed by atoms with van der Waals surface area (Å²) in [7, 11) is 0. The minimum atomic E-state index is -1.46. The summed E-state index contributed by atoms with van der Waals surface area (Å²) in [5.74, 6) is 0.592. The number of hydrogen-bond acceptors (Lipinski definition) is 6. The van der Waals surface area contributed by atoms with Crippen molar-refractivity contribution in [3.63, 3.8) is 0 Å². The van der Waals surface area contributed by atoms with Gasteiger partial charge in [0, 0.05) is 32.1 Å². The lowest BCUT2D eigenvalue weighted by Gasteiger charge is -2.13. The molecule has 0 saturated carbocycles. The Morgan fingerprint density at radius 1 is 0.344 bits per heavy atom. The first-order valence-corrected chi connectivity index (χ1v) is 27.1. The fourth-order valence-corrected chi connectivity index (χ4v) is 8.61. The van der Waals surface area contributed by atoms with Crippen LogP contribution in [0.4, 0.5) is 0 Å². The first-order chi connectivity index (χ1) is 29.9. The number of aliphatic hydroxyl groups is 3. The van der Waals surface area contributed by atoms with Gasteiger partial charge in [0.25, 0.3) is 0 Å². The van der Waals surface area contributed by atoms with Crippen LogP contribution >= 0.6 is 0 Å². The predicted octanol–water partition coefficient (Wildman–Crippen LogP) is 15.9. The lowest BCUT2D eigenvalue weighted by molar-refractivity contribution is -0.134. The molecule has 0 amide bonds. The van der Waals surface area contributed by atoms with Gasteiger partial charge in [0.1, 0.15) is 23.8 Å². The van der Waals surface area contributed by atoms with E-state index in [0.29, 0.717) is 11.6 Å². The normalized spacial score (nSPS) is 12.7. The molecule has 0 saturated heterocycles. The Kier molecular flexibility index (Phi) is 48.5. The van der Waals surface area contributed by atoms with Gasteiger partial charge in [-0.25, -0.2) is 0 Å². The molecule has 360 valence electrons. The topological polar surface area (TPSA) is 112 Å². The van der Waals surface area contributed by atoms with E-state index in [1.165, 1.54) is 218 Å². The number of rotatable bonds is 52. The summed E-state index contributed by atoms with van der Waals surface area (Å²) in [6.45, 7) is 1.69. The standard InChI is InChI=1S/C55H104O6/c1-2-3-4-5-6-7-8-15-20-25-30-35-40-45-51(57)46-41-36-31-26-21-16-11-9-12-17-22-27-32-37-42-47-52(58)48-43-38-33-28-23-18-13-10-14-19-24-29-34-39-44-49-53(59)55(61)54(60)50-56/h9,12,54-56,60-61H,2-8,10-11,13-50H2,1H3/b12-9-. The maximum atomic E-state index is 12.3. The number of carbonyl (C=O) groups excluding carboxylic acids is 3. The van der Waals surface area contributed by atoms with Gasteiger partial charge in [-0.3, -0.25) is 14.4 Å². The van der Waals surface area contributed by atoms with E-state index in [0.717, 1.165) is 70.6 Å². The average Bonchev–Trinajstić information content (AvgIpc) is 3.26. The molecule has 2 unspecified atom stereocenters. The summed E-state index contributed by atoms with van der Waals surface area (Å²) in [5.41, 5.74) is 0. The molecule has 0 aliphatic rings. The molecule has 61 heavy (non-hydrogen) atoms. The zero-order chi connectivity index (χ0) is 44.5. The van der Waals surface area contributed by atoms with E-state index in [2.05, 4.69) is 19.1 Å². The fraction of sp³-hybridized carbons (Fsp3) is 0.909. The van der Waals surface area contributed by atoms with Crippen molar-refractivity contribution in [1.82, 2.24) is 0 Å². The van der Waals surface area contributed by atoms with Crippen LogP contribution < -0.4 is 0 Å². The van der Waals surface area contributed by atoms with Crippen LogP contribution in [0.5, 0.6) is 0 Å². The second-order valence-corrected chi connectivity index (χ2v) is 19.0.